The molecule has 0 aliphatic carbocycles. The molecule has 2 nitrogen and oxygen atoms in total. The van der Waals surface area contributed by atoms with Gasteiger partial charge in [-0.1, -0.05) is 97.1 Å². The van der Waals surface area contributed by atoms with Crippen LogP contribution < -0.4 is 0 Å². The number of halogens is 2. The second-order valence-corrected chi connectivity index (χ2v) is 8.84. The van der Waals surface area contributed by atoms with Gasteiger partial charge in [-0.2, -0.15) is 0 Å². The topological polar surface area (TPSA) is 24.7 Å². The van der Waals surface area contributed by atoms with E-state index in [1.165, 1.54) is 0 Å². The molecule has 0 atom stereocenters. The first-order valence-corrected chi connectivity index (χ1v) is 13.1. The van der Waals surface area contributed by atoms with E-state index in [4.69, 9.17) is 30.4 Å². The van der Waals surface area contributed by atoms with E-state index in [-0.39, 0.29) is 0 Å². The van der Waals surface area contributed by atoms with E-state index in [0.29, 0.717) is 12.7 Å². The minimum absolute atomic E-state index is 0.569. The molecule has 0 aromatic heterocycles. The van der Waals surface area contributed by atoms with Crippen LogP contribution in [-0.4, -0.2) is 11.4 Å². The number of para-hydroxylation sites is 2. The van der Waals surface area contributed by atoms with E-state index in [1.54, 1.807) is 0 Å². The van der Waals surface area contributed by atoms with Crippen molar-refractivity contribution in [2.24, 2.45) is 9.98 Å². The Morgan fingerprint density at radius 1 is 0.515 bits per heavy atom. The number of hydrogen-bond acceptors (Lipinski definition) is 2. The third-order valence-corrected chi connectivity index (χ3v) is 5.08. The SMILES string of the molecule is CC(=Nc1ccccc1-c1ccccc1)C(C)=Nc1ccccc1-c1ccccc1.[Cl][Ni][Cl]. The molecule has 0 aliphatic heterocycles. The summed E-state index contributed by atoms with van der Waals surface area (Å²) in [5.74, 6) is 0. The molecule has 4 rings (SSSR count). The fraction of sp³-hybridized carbons (Fsp3) is 0.0714. The van der Waals surface area contributed by atoms with Gasteiger partial charge in [0, 0.05) is 11.1 Å². The summed E-state index contributed by atoms with van der Waals surface area (Å²) in [5, 5.41) is 0. The molecule has 0 saturated heterocycles. The summed E-state index contributed by atoms with van der Waals surface area (Å²) in [6.45, 7) is 4.04. The molecule has 0 saturated carbocycles. The van der Waals surface area contributed by atoms with Gasteiger partial charge in [0.1, 0.15) is 0 Å². The number of rotatable bonds is 5. The molecule has 0 heterocycles. The van der Waals surface area contributed by atoms with Crippen LogP contribution in [0.5, 0.6) is 0 Å². The van der Waals surface area contributed by atoms with Crippen molar-refractivity contribution >= 4 is 43.2 Å². The predicted octanol–water partition coefficient (Wildman–Crippen LogP) is 9.28. The molecule has 170 valence electrons. The molecule has 4 aromatic carbocycles. The fourth-order valence-electron chi connectivity index (χ4n) is 3.39. The molecule has 4 aromatic rings. The average molecular weight is 518 g/mol. The van der Waals surface area contributed by atoms with Crippen LogP contribution in [0.25, 0.3) is 22.3 Å². The van der Waals surface area contributed by atoms with Crippen molar-refractivity contribution in [1.82, 2.24) is 0 Å². The van der Waals surface area contributed by atoms with Gasteiger partial charge < -0.3 is 0 Å². The van der Waals surface area contributed by atoms with Gasteiger partial charge in [-0.05, 0) is 37.1 Å². The quantitative estimate of drug-likeness (QED) is 0.186. The maximum absolute atomic E-state index is 4.92. The molecule has 0 bridgehead atoms. The third kappa shape index (κ3) is 7.14. The minimum atomic E-state index is 0.569. The Bertz CT molecular complexity index is 1130. The van der Waals surface area contributed by atoms with Crippen molar-refractivity contribution in [3.63, 3.8) is 0 Å². The van der Waals surface area contributed by atoms with Crippen LogP contribution in [-0.2, 0) is 12.7 Å². The van der Waals surface area contributed by atoms with E-state index < -0.39 is 0 Å². The van der Waals surface area contributed by atoms with Crippen molar-refractivity contribution in [2.45, 2.75) is 13.8 Å². The van der Waals surface area contributed by atoms with E-state index in [9.17, 15) is 0 Å². The van der Waals surface area contributed by atoms with Gasteiger partial charge in [0.25, 0.3) is 0 Å². The van der Waals surface area contributed by atoms with E-state index in [2.05, 4.69) is 72.8 Å². The van der Waals surface area contributed by atoms with Crippen LogP contribution in [0.15, 0.2) is 119 Å². The molecule has 0 amide bonds. The zero-order valence-electron chi connectivity index (χ0n) is 18.4. The molecule has 5 heteroatoms. The molecular weight excluding hydrogens is 494 g/mol. The van der Waals surface area contributed by atoms with Gasteiger partial charge in [0.05, 0.1) is 22.8 Å². The second kappa shape index (κ2) is 13.1. The number of nitrogens with zero attached hydrogens (tertiary/aromatic N) is 2. The van der Waals surface area contributed by atoms with Crippen LogP contribution in [0.2, 0.25) is 0 Å². The molecule has 0 aliphatic rings. The molecule has 0 spiro atoms. The van der Waals surface area contributed by atoms with E-state index in [1.807, 2.05) is 50.2 Å². The summed E-state index contributed by atoms with van der Waals surface area (Å²) in [4.78, 5) is 9.84. The van der Waals surface area contributed by atoms with Gasteiger partial charge in [-0.25, -0.2) is 0 Å². The Labute approximate surface area is 210 Å². The standard InChI is InChI=1S/C28H24N2.2ClH.Ni/c1-21(29-27-19-11-9-17-25(27)23-13-5-3-6-14-23)22(2)30-28-20-12-10-18-26(28)24-15-7-4-8-16-24;;;/h3-20H,1-2H3;2*1H;/q;;;+2/p-2. The third-order valence-electron chi connectivity index (χ3n) is 5.08. The molecule has 0 N–H and O–H groups in total. The summed E-state index contributed by atoms with van der Waals surface area (Å²) in [5.41, 5.74) is 8.27. The second-order valence-electron chi connectivity index (χ2n) is 7.21. The summed E-state index contributed by atoms with van der Waals surface area (Å²) < 4.78 is 0. The van der Waals surface area contributed by atoms with Crippen molar-refractivity contribution in [1.29, 1.82) is 0 Å². The first kappa shape index (κ1) is 24.9. The number of aliphatic imine (C=N–C) groups is 2. The molecule has 33 heavy (non-hydrogen) atoms. The Balaban J connectivity index is 0.000000968. The van der Waals surface area contributed by atoms with Gasteiger partial charge in [-0.15, -0.1) is 0 Å². The fourth-order valence-corrected chi connectivity index (χ4v) is 3.39. The normalized spacial score (nSPS) is 11.6. The van der Waals surface area contributed by atoms with Gasteiger partial charge in [0.2, 0.25) is 0 Å². The number of benzene rings is 4. The van der Waals surface area contributed by atoms with Gasteiger partial charge in [-0.3, -0.25) is 9.98 Å². The zero-order valence-corrected chi connectivity index (χ0v) is 20.9. The van der Waals surface area contributed by atoms with Gasteiger partial charge >= 0.3 is 33.0 Å². The maximum atomic E-state index is 4.92. The Hall–Kier alpha value is -2.71. The monoisotopic (exact) mass is 516 g/mol. The summed E-state index contributed by atoms with van der Waals surface area (Å²) >= 11 is 0.569. The van der Waals surface area contributed by atoms with Crippen molar-refractivity contribution in [3.05, 3.63) is 109 Å². The van der Waals surface area contributed by atoms with Crippen LogP contribution in [0.3, 0.4) is 0 Å². The van der Waals surface area contributed by atoms with E-state index >= 15 is 0 Å². The van der Waals surface area contributed by atoms with Crippen LogP contribution in [0, 0.1) is 0 Å². The van der Waals surface area contributed by atoms with Crippen LogP contribution >= 0.6 is 20.4 Å². The van der Waals surface area contributed by atoms with Crippen LogP contribution in [0.4, 0.5) is 11.4 Å². The Morgan fingerprint density at radius 3 is 1.18 bits per heavy atom. The zero-order chi connectivity index (χ0) is 23.5. The predicted molar refractivity (Wildman–Crippen MR) is 141 cm³/mol. The van der Waals surface area contributed by atoms with Gasteiger partial charge in [0.15, 0.2) is 0 Å². The Morgan fingerprint density at radius 2 is 0.818 bits per heavy atom. The summed E-state index contributed by atoms with van der Waals surface area (Å²) in [6, 6.07) is 37.2. The summed E-state index contributed by atoms with van der Waals surface area (Å²) in [6.07, 6.45) is 0. The first-order chi connectivity index (χ1) is 16.1. The van der Waals surface area contributed by atoms with Crippen molar-refractivity contribution in [3.8, 4) is 22.3 Å². The molecule has 0 unspecified atom stereocenters. The van der Waals surface area contributed by atoms with E-state index in [0.717, 1.165) is 45.1 Å². The molecule has 0 fully saturated rings. The molecular formula is C28H24Cl2N2Ni. The first-order valence-electron chi connectivity index (χ1n) is 10.4. The molecule has 0 radical (unpaired) electrons. The summed E-state index contributed by atoms with van der Waals surface area (Å²) in [7, 11) is 9.40. The van der Waals surface area contributed by atoms with Crippen LogP contribution in [0.1, 0.15) is 13.8 Å². The van der Waals surface area contributed by atoms with Crippen molar-refractivity contribution in [2.75, 3.05) is 0 Å². The Kier molecular flexibility index (Phi) is 9.90. The average Bonchev–Trinajstić information content (AvgIpc) is 2.86. The van der Waals surface area contributed by atoms with Crippen molar-refractivity contribution < 1.29 is 12.7 Å². The number of hydrogen-bond donors (Lipinski definition) is 0.